The van der Waals surface area contributed by atoms with Crippen LogP contribution in [0.1, 0.15) is 23.1 Å². The number of ketones is 1. The summed E-state index contributed by atoms with van der Waals surface area (Å²) in [6.45, 7) is 2.97. The van der Waals surface area contributed by atoms with E-state index in [9.17, 15) is 4.79 Å². The van der Waals surface area contributed by atoms with Crippen molar-refractivity contribution in [2.24, 2.45) is 0 Å². The van der Waals surface area contributed by atoms with Crippen molar-refractivity contribution in [3.05, 3.63) is 59.9 Å². The van der Waals surface area contributed by atoms with Gasteiger partial charge in [-0.3, -0.25) is 4.79 Å². The van der Waals surface area contributed by atoms with Gasteiger partial charge in [0.15, 0.2) is 16.8 Å². The van der Waals surface area contributed by atoms with Gasteiger partial charge in [-0.15, -0.1) is 10.2 Å². The van der Waals surface area contributed by atoms with E-state index in [0.29, 0.717) is 28.8 Å². The van der Waals surface area contributed by atoms with Gasteiger partial charge in [-0.05, 0) is 43.3 Å². The third-order valence-corrected chi connectivity index (χ3v) is 5.23. The maximum absolute atomic E-state index is 12.4. The van der Waals surface area contributed by atoms with Crippen LogP contribution in [-0.2, 0) is 13.2 Å². The second-order valence-corrected chi connectivity index (χ2v) is 6.99. The third kappa shape index (κ3) is 5.29. The van der Waals surface area contributed by atoms with Gasteiger partial charge in [-0.25, -0.2) is 0 Å². The number of hydrogen-bond donors (Lipinski definition) is 0. The van der Waals surface area contributed by atoms with Crippen molar-refractivity contribution < 1.29 is 19.0 Å². The number of benzene rings is 2. The molecule has 1 aromatic heterocycles. The molecule has 2 aromatic carbocycles. The van der Waals surface area contributed by atoms with E-state index in [-0.39, 0.29) is 18.1 Å². The number of ether oxygens (including phenoxy) is 3. The Labute approximate surface area is 174 Å². The van der Waals surface area contributed by atoms with Crippen LogP contribution in [0.25, 0.3) is 0 Å². The number of aromatic nitrogens is 3. The lowest BCUT2D eigenvalue weighted by Crippen LogP contribution is -2.08. The molecule has 0 saturated heterocycles. The van der Waals surface area contributed by atoms with Crippen LogP contribution >= 0.6 is 11.8 Å². The van der Waals surface area contributed by atoms with E-state index in [1.165, 1.54) is 11.8 Å². The van der Waals surface area contributed by atoms with Crippen LogP contribution in [0.15, 0.2) is 53.7 Å². The van der Waals surface area contributed by atoms with Crippen molar-refractivity contribution in [3.63, 3.8) is 0 Å². The van der Waals surface area contributed by atoms with E-state index in [2.05, 4.69) is 10.2 Å². The highest BCUT2D eigenvalue weighted by Crippen LogP contribution is 2.22. The molecule has 0 aliphatic heterocycles. The van der Waals surface area contributed by atoms with Gasteiger partial charge in [0.25, 0.3) is 0 Å². The summed E-state index contributed by atoms with van der Waals surface area (Å²) in [6, 6.07) is 14.5. The maximum atomic E-state index is 12.4. The number of Topliss-reactive ketones (excluding diaryl/α,β-unsaturated/α-hetero) is 1. The molecule has 1 heterocycles. The lowest BCUT2D eigenvalue weighted by molar-refractivity contribution is 0.102. The first-order chi connectivity index (χ1) is 14.1. The Balaban J connectivity index is 1.61. The molecule has 0 aliphatic rings. The van der Waals surface area contributed by atoms with Gasteiger partial charge < -0.3 is 18.8 Å². The average molecular weight is 413 g/mol. The number of carbonyl (C=O) groups excluding carboxylic acids is 1. The zero-order valence-electron chi connectivity index (χ0n) is 16.6. The highest BCUT2D eigenvalue weighted by atomic mass is 32.2. The number of rotatable bonds is 10. The fourth-order valence-corrected chi connectivity index (χ4v) is 3.60. The molecule has 0 radical (unpaired) electrons. The van der Waals surface area contributed by atoms with Crippen molar-refractivity contribution in [1.29, 1.82) is 0 Å². The monoisotopic (exact) mass is 413 g/mol. The molecule has 0 fully saturated rings. The fraction of sp³-hybridized carbons (Fsp3) is 0.286. The molecule has 0 bridgehead atoms. The Kier molecular flexibility index (Phi) is 7.13. The molecule has 0 aliphatic carbocycles. The lowest BCUT2D eigenvalue weighted by atomic mass is 10.1. The number of thioether (sulfide) groups is 1. The minimum atomic E-state index is 0.0255. The second-order valence-electron chi connectivity index (χ2n) is 6.05. The topological polar surface area (TPSA) is 75.5 Å². The molecular formula is C21H23N3O4S. The molecule has 0 unspecified atom stereocenters. The SMILES string of the molecule is CCn1c(COc2cccc(OC)c2)nnc1SCC(=O)c1ccc(OC)cc1. The quantitative estimate of drug-likeness (QED) is 0.369. The first-order valence-corrected chi connectivity index (χ1v) is 10.1. The minimum absolute atomic E-state index is 0.0255. The predicted molar refractivity (Wildman–Crippen MR) is 111 cm³/mol. The lowest BCUT2D eigenvalue weighted by Gasteiger charge is -2.09. The number of carbonyl (C=O) groups is 1. The summed E-state index contributed by atoms with van der Waals surface area (Å²) in [4.78, 5) is 12.4. The van der Waals surface area contributed by atoms with E-state index >= 15 is 0 Å². The second kappa shape index (κ2) is 9.97. The van der Waals surface area contributed by atoms with Crippen LogP contribution in [0, 0.1) is 0 Å². The summed E-state index contributed by atoms with van der Waals surface area (Å²) in [5.41, 5.74) is 0.641. The number of hydrogen-bond acceptors (Lipinski definition) is 7. The van der Waals surface area contributed by atoms with Crippen LogP contribution in [-0.4, -0.2) is 40.5 Å². The van der Waals surface area contributed by atoms with E-state index in [4.69, 9.17) is 14.2 Å². The van der Waals surface area contributed by atoms with Crippen molar-refractivity contribution in [2.45, 2.75) is 25.2 Å². The molecule has 3 rings (SSSR count). The molecule has 152 valence electrons. The van der Waals surface area contributed by atoms with E-state index < -0.39 is 0 Å². The number of methoxy groups -OCH3 is 2. The zero-order valence-corrected chi connectivity index (χ0v) is 17.4. The van der Waals surface area contributed by atoms with Gasteiger partial charge in [0.2, 0.25) is 0 Å². The van der Waals surface area contributed by atoms with E-state index in [1.54, 1.807) is 38.5 Å². The molecule has 29 heavy (non-hydrogen) atoms. The zero-order chi connectivity index (χ0) is 20.6. The van der Waals surface area contributed by atoms with Gasteiger partial charge in [-0.2, -0.15) is 0 Å². The van der Waals surface area contributed by atoms with E-state index in [0.717, 1.165) is 11.5 Å². The highest BCUT2D eigenvalue weighted by Gasteiger charge is 2.15. The third-order valence-electron chi connectivity index (χ3n) is 4.26. The number of nitrogens with zero attached hydrogens (tertiary/aromatic N) is 3. The molecular weight excluding hydrogens is 390 g/mol. The molecule has 0 N–H and O–H groups in total. The first-order valence-electron chi connectivity index (χ1n) is 9.13. The molecule has 7 nitrogen and oxygen atoms in total. The van der Waals surface area contributed by atoms with Gasteiger partial charge >= 0.3 is 0 Å². The van der Waals surface area contributed by atoms with E-state index in [1.807, 2.05) is 35.8 Å². The Morgan fingerprint density at radius 1 is 1.00 bits per heavy atom. The van der Waals surface area contributed by atoms with Crippen LogP contribution in [0.5, 0.6) is 17.2 Å². The molecule has 0 spiro atoms. The normalized spacial score (nSPS) is 10.6. The average Bonchev–Trinajstić information content (AvgIpc) is 3.18. The highest BCUT2D eigenvalue weighted by molar-refractivity contribution is 7.99. The minimum Gasteiger partial charge on any atom is -0.497 e. The van der Waals surface area contributed by atoms with Gasteiger partial charge in [0, 0.05) is 18.2 Å². The smallest absolute Gasteiger partial charge is 0.191 e. The predicted octanol–water partition coefficient (Wildman–Crippen LogP) is 3.87. The Morgan fingerprint density at radius 2 is 1.72 bits per heavy atom. The Hall–Kier alpha value is -3.00. The molecule has 0 saturated carbocycles. The van der Waals surface area contributed by atoms with Gasteiger partial charge in [0.1, 0.15) is 23.9 Å². The first kappa shape index (κ1) is 20.7. The van der Waals surface area contributed by atoms with Crippen molar-refractivity contribution in [3.8, 4) is 17.2 Å². The van der Waals surface area contributed by atoms with Crippen LogP contribution in [0.3, 0.4) is 0 Å². The van der Waals surface area contributed by atoms with Crippen molar-refractivity contribution in [2.75, 3.05) is 20.0 Å². The van der Waals surface area contributed by atoms with Gasteiger partial charge in [-0.1, -0.05) is 17.8 Å². The summed E-state index contributed by atoms with van der Waals surface area (Å²) in [5.74, 6) is 3.15. The van der Waals surface area contributed by atoms with Crippen molar-refractivity contribution in [1.82, 2.24) is 14.8 Å². The van der Waals surface area contributed by atoms with Crippen LogP contribution in [0.2, 0.25) is 0 Å². The summed E-state index contributed by atoms with van der Waals surface area (Å²) in [5, 5.41) is 9.14. The Bertz CT molecular complexity index is 957. The summed E-state index contributed by atoms with van der Waals surface area (Å²) in [6.07, 6.45) is 0. The summed E-state index contributed by atoms with van der Waals surface area (Å²) in [7, 11) is 3.21. The molecule has 0 amide bonds. The molecule has 3 aromatic rings. The molecule has 0 atom stereocenters. The Morgan fingerprint density at radius 3 is 2.41 bits per heavy atom. The molecule has 8 heteroatoms. The van der Waals surface area contributed by atoms with Crippen LogP contribution < -0.4 is 14.2 Å². The maximum Gasteiger partial charge on any atom is 0.191 e. The summed E-state index contributed by atoms with van der Waals surface area (Å²) < 4.78 is 18.1. The van der Waals surface area contributed by atoms with Gasteiger partial charge in [0.05, 0.1) is 20.0 Å². The standard InChI is InChI=1S/C21H23N3O4S/c1-4-24-20(13-28-18-7-5-6-17(12-18)27-3)22-23-21(24)29-14-19(25)15-8-10-16(26-2)11-9-15/h5-12H,4,13-14H2,1-3H3. The van der Waals surface area contributed by atoms with Crippen LogP contribution in [0.4, 0.5) is 0 Å². The largest absolute Gasteiger partial charge is 0.497 e. The van der Waals surface area contributed by atoms with Crippen molar-refractivity contribution >= 4 is 17.5 Å². The summed E-state index contributed by atoms with van der Waals surface area (Å²) >= 11 is 1.37. The fourth-order valence-electron chi connectivity index (χ4n) is 2.68.